The fourth-order valence-corrected chi connectivity index (χ4v) is 1.70. The molecule has 0 aromatic rings. The molecular weight excluding hydrogens is 214 g/mol. The van der Waals surface area contributed by atoms with Crippen molar-refractivity contribution in [3.05, 3.63) is 0 Å². The summed E-state index contributed by atoms with van der Waals surface area (Å²) in [5.41, 5.74) is 0. The molecule has 90 valence electrons. The van der Waals surface area contributed by atoms with Crippen LogP contribution < -0.4 is 0 Å². The zero-order valence-corrected chi connectivity index (χ0v) is 9.14. The summed E-state index contributed by atoms with van der Waals surface area (Å²) >= 11 is 0. The molecular formula is C10H15NO5. The quantitative estimate of drug-likeness (QED) is 0.518. The highest BCUT2D eigenvalue weighted by molar-refractivity contribution is 5.99. The maximum absolute atomic E-state index is 11.4. The zero-order valence-electron chi connectivity index (χ0n) is 9.14. The molecule has 0 aromatic carbocycles. The summed E-state index contributed by atoms with van der Waals surface area (Å²) in [7, 11) is 1.24. The molecule has 0 radical (unpaired) electrons. The fourth-order valence-electron chi connectivity index (χ4n) is 1.70. The van der Waals surface area contributed by atoms with Crippen molar-refractivity contribution in [2.75, 3.05) is 26.7 Å². The third kappa shape index (κ3) is 3.30. The van der Waals surface area contributed by atoms with Gasteiger partial charge in [0.1, 0.15) is 11.7 Å². The van der Waals surface area contributed by atoms with Gasteiger partial charge in [-0.1, -0.05) is 0 Å². The van der Waals surface area contributed by atoms with Crippen LogP contribution in [0.15, 0.2) is 0 Å². The molecule has 0 spiro atoms. The van der Waals surface area contributed by atoms with Crippen LogP contribution in [0.1, 0.15) is 12.8 Å². The Bertz CT molecular complexity index is 294. The minimum atomic E-state index is -0.883. The van der Waals surface area contributed by atoms with E-state index in [1.165, 1.54) is 7.11 Å². The molecule has 6 nitrogen and oxygen atoms in total. The number of carbonyl (C=O) groups excluding carboxylic acids is 2. The lowest BCUT2D eigenvalue weighted by molar-refractivity contribution is -0.151. The van der Waals surface area contributed by atoms with Crippen LogP contribution in [0.2, 0.25) is 0 Å². The molecule has 0 aliphatic carbocycles. The lowest BCUT2D eigenvalue weighted by Gasteiger charge is -2.29. The molecule has 1 rings (SSSR count). The third-order valence-electron chi connectivity index (χ3n) is 2.63. The first-order chi connectivity index (χ1) is 7.54. The highest BCUT2D eigenvalue weighted by Crippen LogP contribution is 2.14. The number of hydrogen-bond acceptors (Lipinski definition) is 5. The van der Waals surface area contributed by atoms with Crippen LogP contribution in [0.3, 0.4) is 0 Å². The van der Waals surface area contributed by atoms with Crippen molar-refractivity contribution >= 4 is 17.7 Å². The van der Waals surface area contributed by atoms with Crippen LogP contribution in [-0.2, 0) is 19.1 Å². The van der Waals surface area contributed by atoms with Crippen molar-refractivity contribution in [3.63, 3.8) is 0 Å². The second kappa shape index (κ2) is 5.60. The molecule has 0 saturated carbocycles. The zero-order chi connectivity index (χ0) is 12.1. The van der Waals surface area contributed by atoms with E-state index in [0.29, 0.717) is 13.1 Å². The molecule has 1 saturated heterocycles. The number of piperidine rings is 1. The molecule has 1 fully saturated rings. The summed E-state index contributed by atoms with van der Waals surface area (Å²) in [5.74, 6) is -2.30. The van der Waals surface area contributed by atoms with E-state index < -0.39 is 17.9 Å². The normalized spacial score (nSPS) is 21.8. The van der Waals surface area contributed by atoms with E-state index in [9.17, 15) is 14.4 Å². The number of ether oxygens (including phenoxy) is 1. The minimum absolute atomic E-state index is 0.0160. The van der Waals surface area contributed by atoms with Crippen LogP contribution in [-0.4, -0.2) is 54.5 Å². The van der Waals surface area contributed by atoms with Crippen molar-refractivity contribution in [2.45, 2.75) is 12.8 Å². The number of nitrogens with zero attached hydrogens (tertiary/aromatic N) is 1. The van der Waals surface area contributed by atoms with E-state index >= 15 is 0 Å². The Hall–Kier alpha value is -1.43. The van der Waals surface area contributed by atoms with Crippen molar-refractivity contribution < 1.29 is 24.2 Å². The summed E-state index contributed by atoms with van der Waals surface area (Å²) < 4.78 is 4.53. The molecule has 16 heavy (non-hydrogen) atoms. The van der Waals surface area contributed by atoms with E-state index in [4.69, 9.17) is 5.11 Å². The number of esters is 1. The second-order valence-corrected chi connectivity index (χ2v) is 3.74. The van der Waals surface area contributed by atoms with Gasteiger partial charge < -0.3 is 14.7 Å². The maximum Gasteiger partial charge on any atom is 0.317 e. The molecule has 6 heteroatoms. The summed E-state index contributed by atoms with van der Waals surface area (Å²) in [4.78, 5) is 34.9. The number of rotatable bonds is 4. The summed E-state index contributed by atoms with van der Waals surface area (Å²) in [6.45, 7) is 1.13. The predicted octanol–water partition coefficient (Wildman–Crippen LogP) is -0.475. The van der Waals surface area contributed by atoms with E-state index in [2.05, 4.69) is 4.74 Å². The van der Waals surface area contributed by atoms with Gasteiger partial charge >= 0.3 is 11.9 Å². The molecule has 1 atom stereocenters. The van der Waals surface area contributed by atoms with Crippen LogP contribution in [0, 0.1) is 5.92 Å². The molecule has 0 aromatic heterocycles. The Morgan fingerprint density at radius 1 is 1.56 bits per heavy atom. The van der Waals surface area contributed by atoms with Gasteiger partial charge in [-0.15, -0.1) is 0 Å². The molecule has 0 amide bonds. The van der Waals surface area contributed by atoms with Gasteiger partial charge in [0, 0.05) is 26.1 Å². The average Bonchev–Trinajstić information content (AvgIpc) is 2.27. The summed E-state index contributed by atoms with van der Waals surface area (Å²) in [6, 6.07) is 0. The highest BCUT2D eigenvalue weighted by atomic mass is 16.5. The van der Waals surface area contributed by atoms with Crippen molar-refractivity contribution in [1.29, 1.82) is 0 Å². The first-order valence-corrected chi connectivity index (χ1v) is 5.09. The predicted molar refractivity (Wildman–Crippen MR) is 53.8 cm³/mol. The van der Waals surface area contributed by atoms with Gasteiger partial charge in [0.25, 0.3) is 0 Å². The SMILES string of the molecule is COC(=O)C1CN(CCC(=O)O)CCC1=O. The van der Waals surface area contributed by atoms with E-state index in [1.54, 1.807) is 4.90 Å². The number of aliphatic carboxylic acids is 1. The molecule has 1 N–H and O–H groups in total. The Kier molecular flexibility index (Phi) is 4.42. The summed E-state index contributed by atoms with van der Waals surface area (Å²) in [5, 5.41) is 8.53. The number of hydrogen-bond donors (Lipinski definition) is 1. The highest BCUT2D eigenvalue weighted by Gasteiger charge is 2.33. The Morgan fingerprint density at radius 2 is 2.25 bits per heavy atom. The maximum atomic E-state index is 11.4. The van der Waals surface area contributed by atoms with Crippen molar-refractivity contribution in [3.8, 4) is 0 Å². The topological polar surface area (TPSA) is 83.9 Å². The molecule has 1 aliphatic rings. The first-order valence-electron chi connectivity index (χ1n) is 5.09. The van der Waals surface area contributed by atoms with Crippen molar-refractivity contribution in [2.24, 2.45) is 5.92 Å². The first kappa shape index (κ1) is 12.6. The smallest absolute Gasteiger partial charge is 0.317 e. The molecule has 1 aliphatic heterocycles. The Morgan fingerprint density at radius 3 is 2.81 bits per heavy atom. The number of carbonyl (C=O) groups is 3. The van der Waals surface area contributed by atoms with Gasteiger partial charge in [0.05, 0.1) is 13.5 Å². The number of likely N-dealkylation sites (tertiary alicyclic amines) is 1. The monoisotopic (exact) mass is 229 g/mol. The largest absolute Gasteiger partial charge is 0.481 e. The summed E-state index contributed by atoms with van der Waals surface area (Å²) in [6.07, 6.45) is 0.293. The molecule has 0 bridgehead atoms. The fraction of sp³-hybridized carbons (Fsp3) is 0.700. The number of carboxylic acid groups (broad SMARTS) is 1. The Balaban J connectivity index is 2.50. The van der Waals surface area contributed by atoms with E-state index in [-0.39, 0.29) is 25.2 Å². The minimum Gasteiger partial charge on any atom is -0.481 e. The van der Waals surface area contributed by atoms with Crippen molar-refractivity contribution in [1.82, 2.24) is 4.90 Å². The van der Waals surface area contributed by atoms with Crippen LogP contribution in [0.25, 0.3) is 0 Å². The second-order valence-electron chi connectivity index (χ2n) is 3.74. The van der Waals surface area contributed by atoms with Gasteiger partial charge in [-0.25, -0.2) is 0 Å². The van der Waals surface area contributed by atoms with Gasteiger partial charge in [0.15, 0.2) is 0 Å². The van der Waals surface area contributed by atoms with E-state index in [1.807, 2.05) is 0 Å². The van der Waals surface area contributed by atoms with Crippen LogP contribution in [0.5, 0.6) is 0 Å². The standard InChI is InChI=1S/C10H15NO5/c1-16-10(15)7-6-11(4-2-8(7)12)5-3-9(13)14/h7H,2-6H2,1H3,(H,13,14). The Labute approximate surface area is 93.2 Å². The lowest BCUT2D eigenvalue weighted by Crippen LogP contribution is -2.45. The number of Topliss-reactive ketones (excluding diaryl/α,β-unsaturated/α-hetero) is 1. The van der Waals surface area contributed by atoms with Gasteiger partial charge in [0.2, 0.25) is 0 Å². The van der Waals surface area contributed by atoms with Crippen LogP contribution >= 0.6 is 0 Å². The average molecular weight is 229 g/mol. The third-order valence-corrected chi connectivity index (χ3v) is 2.63. The lowest BCUT2D eigenvalue weighted by atomic mass is 9.96. The van der Waals surface area contributed by atoms with Gasteiger partial charge in [-0.2, -0.15) is 0 Å². The van der Waals surface area contributed by atoms with Gasteiger partial charge in [-0.05, 0) is 0 Å². The molecule has 1 unspecified atom stereocenters. The van der Waals surface area contributed by atoms with E-state index in [0.717, 1.165) is 0 Å². The molecule has 1 heterocycles. The number of methoxy groups -OCH3 is 1. The van der Waals surface area contributed by atoms with Crippen LogP contribution in [0.4, 0.5) is 0 Å². The number of carboxylic acids is 1. The van der Waals surface area contributed by atoms with Gasteiger partial charge in [-0.3, -0.25) is 14.4 Å². The number of ketones is 1.